The van der Waals surface area contributed by atoms with E-state index in [9.17, 15) is 0 Å². The Morgan fingerprint density at radius 1 is 0.500 bits per heavy atom. The molecule has 2 aliphatic heterocycles. The van der Waals surface area contributed by atoms with Gasteiger partial charge in [0.05, 0.1) is 11.4 Å². The zero-order valence-corrected chi connectivity index (χ0v) is 29.3. The van der Waals surface area contributed by atoms with Crippen molar-refractivity contribution in [2.24, 2.45) is 0 Å². The third kappa shape index (κ3) is 4.70. The van der Waals surface area contributed by atoms with Crippen LogP contribution in [0.3, 0.4) is 0 Å². The van der Waals surface area contributed by atoms with Crippen LogP contribution in [0.2, 0.25) is 0 Å². The maximum absolute atomic E-state index is 2.58. The molecule has 0 radical (unpaired) electrons. The highest BCUT2D eigenvalue weighted by atomic mass is 15.2. The Kier molecular flexibility index (Phi) is 7.00. The first-order valence-corrected chi connectivity index (χ1v) is 17.9. The minimum absolute atomic E-state index is 0.0141. The fourth-order valence-corrected chi connectivity index (χ4v) is 8.68. The van der Waals surface area contributed by atoms with Crippen LogP contribution in [-0.4, -0.2) is 0 Å². The van der Waals surface area contributed by atoms with Crippen molar-refractivity contribution in [3.8, 4) is 22.3 Å². The van der Waals surface area contributed by atoms with Crippen LogP contribution in [0.15, 0.2) is 169 Å². The van der Waals surface area contributed by atoms with E-state index in [1.54, 1.807) is 0 Å². The molecule has 0 bridgehead atoms. The molecule has 0 aromatic heterocycles. The zero-order valence-electron chi connectivity index (χ0n) is 29.3. The third-order valence-corrected chi connectivity index (χ3v) is 11.3. The standard InChI is InChI=1S/C48H42N2/c1-47(2)40-24-11-12-27-44(40)50-45-29-28-39(32-43(45)48(3,4)42-26-15-25-41(47)46(42)50)49(37-22-13-20-35(30-37)33-16-7-5-8-17-33)38-23-14-21-36(31-38)34-18-9-6-10-19-34/h5-10,12-23,25-32H,11,24H2,1-4H3. The number of hydrogen-bond acceptors (Lipinski definition) is 2. The smallest absolute Gasteiger partial charge is 0.0543 e. The van der Waals surface area contributed by atoms with Crippen molar-refractivity contribution in [2.45, 2.75) is 51.4 Å². The predicted molar refractivity (Wildman–Crippen MR) is 211 cm³/mol. The Morgan fingerprint density at radius 3 is 1.66 bits per heavy atom. The van der Waals surface area contributed by atoms with Crippen LogP contribution >= 0.6 is 0 Å². The Labute approximate surface area is 296 Å². The largest absolute Gasteiger partial charge is 0.310 e. The molecule has 3 aliphatic rings. The van der Waals surface area contributed by atoms with Crippen LogP contribution in [-0.2, 0) is 10.8 Å². The lowest BCUT2D eigenvalue weighted by molar-refractivity contribution is 0.555. The molecule has 0 saturated heterocycles. The number of fused-ring (bicyclic) bond motifs is 3. The average molecular weight is 647 g/mol. The second-order valence-electron chi connectivity index (χ2n) is 15.0. The van der Waals surface area contributed by atoms with Gasteiger partial charge in [0.25, 0.3) is 0 Å². The summed E-state index contributed by atoms with van der Waals surface area (Å²) in [5.41, 5.74) is 17.7. The number of para-hydroxylation sites is 1. The summed E-state index contributed by atoms with van der Waals surface area (Å²) in [5, 5.41) is 0. The maximum Gasteiger partial charge on any atom is 0.0543 e. The van der Waals surface area contributed by atoms with Gasteiger partial charge in [-0.3, -0.25) is 0 Å². The number of allylic oxidation sites excluding steroid dienone is 3. The SMILES string of the molecule is CC1(C)C2=C(C=CCC2)N2c3ccc(N(c4cccc(-c5ccccc5)c4)c4cccc(-c5ccccc5)c4)cc3C(C)(C)c3cccc1c32. The molecule has 6 aromatic rings. The summed E-state index contributed by atoms with van der Waals surface area (Å²) in [6.45, 7) is 9.66. The van der Waals surface area contributed by atoms with Gasteiger partial charge >= 0.3 is 0 Å². The minimum Gasteiger partial charge on any atom is -0.310 e. The number of anilines is 5. The van der Waals surface area contributed by atoms with E-state index in [4.69, 9.17) is 0 Å². The summed E-state index contributed by atoms with van der Waals surface area (Å²) in [6, 6.07) is 53.5. The number of rotatable bonds is 5. The van der Waals surface area contributed by atoms with E-state index in [1.165, 1.54) is 61.6 Å². The molecule has 50 heavy (non-hydrogen) atoms. The Hall–Kier alpha value is -5.60. The third-order valence-electron chi connectivity index (χ3n) is 11.3. The van der Waals surface area contributed by atoms with Crippen molar-refractivity contribution in [1.82, 2.24) is 0 Å². The molecule has 0 saturated carbocycles. The van der Waals surface area contributed by atoms with E-state index >= 15 is 0 Å². The lowest BCUT2D eigenvalue weighted by atomic mass is 9.65. The molecule has 0 N–H and O–H groups in total. The first kappa shape index (κ1) is 30.5. The summed E-state index contributed by atoms with van der Waals surface area (Å²) in [4.78, 5) is 5.02. The highest BCUT2D eigenvalue weighted by Crippen LogP contribution is 2.59. The van der Waals surface area contributed by atoms with Gasteiger partial charge in [0.15, 0.2) is 0 Å². The van der Waals surface area contributed by atoms with Crippen molar-refractivity contribution >= 4 is 28.4 Å². The molecule has 2 nitrogen and oxygen atoms in total. The van der Waals surface area contributed by atoms with E-state index in [1.807, 2.05) is 0 Å². The first-order valence-electron chi connectivity index (χ1n) is 17.9. The van der Waals surface area contributed by atoms with E-state index in [0.29, 0.717) is 0 Å². The van der Waals surface area contributed by atoms with Gasteiger partial charge in [0.2, 0.25) is 0 Å². The van der Waals surface area contributed by atoms with Crippen LogP contribution in [0.4, 0.5) is 28.4 Å². The van der Waals surface area contributed by atoms with E-state index in [0.717, 1.165) is 29.9 Å². The maximum atomic E-state index is 2.58. The van der Waals surface area contributed by atoms with Gasteiger partial charge in [-0.15, -0.1) is 0 Å². The quantitative estimate of drug-likeness (QED) is 0.184. The monoisotopic (exact) mass is 646 g/mol. The highest BCUT2D eigenvalue weighted by Gasteiger charge is 2.46. The van der Waals surface area contributed by atoms with E-state index in [-0.39, 0.29) is 10.8 Å². The van der Waals surface area contributed by atoms with Crippen molar-refractivity contribution in [3.05, 3.63) is 186 Å². The lowest BCUT2D eigenvalue weighted by Gasteiger charge is -2.50. The van der Waals surface area contributed by atoms with Crippen LogP contribution < -0.4 is 9.80 Å². The molecule has 0 atom stereocenters. The lowest BCUT2D eigenvalue weighted by Crippen LogP contribution is -2.40. The fourth-order valence-electron chi connectivity index (χ4n) is 8.68. The molecule has 1 aliphatic carbocycles. The second-order valence-corrected chi connectivity index (χ2v) is 15.0. The van der Waals surface area contributed by atoms with Crippen molar-refractivity contribution in [2.75, 3.05) is 9.80 Å². The molecule has 0 fully saturated rings. The summed E-state index contributed by atoms with van der Waals surface area (Å²) in [7, 11) is 0. The normalized spacial score (nSPS) is 16.4. The molecule has 2 heterocycles. The Morgan fingerprint density at radius 2 is 1.04 bits per heavy atom. The van der Waals surface area contributed by atoms with Gasteiger partial charge in [-0.25, -0.2) is 0 Å². The van der Waals surface area contributed by atoms with Gasteiger partial charge in [-0.2, -0.15) is 0 Å². The summed E-state index contributed by atoms with van der Waals surface area (Å²) < 4.78 is 0. The molecule has 6 aromatic carbocycles. The molecule has 0 unspecified atom stereocenters. The van der Waals surface area contributed by atoms with Crippen molar-refractivity contribution in [1.29, 1.82) is 0 Å². The molecule has 9 rings (SSSR count). The van der Waals surface area contributed by atoms with Gasteiger partial charge in [0, 0.05) is 33.6 Å². The number of benzene rings is 6. The summed E-state index contributed by atoms with van der Waals surface area (Å²) in [6.07, 6.45) is 6.94. The van der Waals surface area contributed by atoms with Crippen LogP contribution in [0.5, 0.6) is 0 Å². The molecular weight excluding hydrogens is 605 g/mol. The summed E-state index contributed by atoms with van der Waals surface area (Å²) >= 11 is 0. The Balaban J connectivity index is 1.26. The minimum atomic E-state index is -0.205. The van der Waals surface area contributed by atoms with Crippen LogP contribution in [0.25, 0.3) is 22.3 Å². The van der Waals surface area contributed by atoms with Gasteiger partial charge in [0.1, 0.15) is 0 Å². The first-order chi connectivity index (χ1) is 24.3. The molecular formula is C48H42N2. The van der Waals surface area contributed by atoms with Gasteiger partial charge < -0.3 is 9.80 Å². The van der Waals surface area contributed by atoms with E-state index < -0.39 is 0 Å². The van der Waals surface area contributed by atoms with Crippen LogP contribution in [0, 0.1) is 0 Å². The van der Waals surface area contributed by atoms with Crippen LogP contribution in [0.1, 0.15) is 57.2 Å². The predicted octanol–water partition coefficient (Wildman–Crippen LogP) is 13.2. The van der Waals surface area contributed by atoms with Crippen molar-refractivity contribution < 1.29 is 0 Å². The Bertz CT molecular complexity index is 2240. The fraction of sp³-hybridized carbons (Fsp3) is 0.167. The average Bonchev–Trinajstić information content (AvgIpc) is 3.16. The molecule has 0 amide bonds. The molecule has 244 valence electrons. The van der Waals surface area contributed by atoms with Crippen molar-refractivity contribution in [3.63, 3.8) is 0 Å². The summed E-state index contributed by atoms with van der Waals surface area (Å²) in [5.74, 6) is 0. The highest BCUT2D eigenvalue weighted by molar-refractivity contribution is 5.90. The topological polar surface area (TPSA) is 6.48 Å². The molecule has 2 heteroatoms. The number of nitrogens with zero attached hydrogens (tertiary/aromatic N) is 2. The van der Waals surface area contributed by atoms with E-state index in [2.05, 4.69) is 195 Å². The van der Waals surface area contributed by atoms with Gasteiger partial charge in [-0.05, 0) is 106 Å². The number of hydrogen-bond donors (Lipinski definition) is 0. The second kappa shape index (κ2) is 11.5. The van der Waals surface area contributed by atoms with Gasteiger partial charge in [-0.1, -0.05) is 137 Å². The molecule has 0 spiro atoms. The zero-order chi connectivity index (χ0) is 34.0.